The molecule has 1 heterocycles. The fraction of sp³-hybridized carbons (Fsp3) is 0.250. The number of thiophene rings is 1. The number of Topliss-reactive ketones (excluding diaryl/α,β-unsaturated/α-hetero) is 1. The number of aldehydes is 1. The normalized spacial score (nSPS) is 9.55. The van der Waals surface area contributed by atoms with Crippen LogP contribution in [0, 0.1) is 0 Å². The summed E-state index contributed by atoms with van der Waals surface area (Å²) in [5, 5.41) is 0. The number of hydrogen-bond acceptors (Lipinski definition) is 3. The largest absolute Gasteiger partial charge is 0.297 e. The molecule has 0 atom stereocenters. The van der Waals surface area contributed by atoms with Gasteiger partial charge in [0.2, 0.25) is 0 Å². The van der Waals surface area contributed by atoms with E-state index in [0.29, 0.717) is 16.2 Å². The molecule has 0 radical (unpaired) electrons. The van der Waals surface area contributed by atoms with E-state index >= 15 is 0 Å². The van der Waals surface area contributed by atoms with E-state index in [4.69, 9.17) is 0 Å². The van der Waals surface area contributed by atoms with E-state index in [0.717, 1.165) is 6.29 Å². The molecule has 0 amide bonds. The van der Waals surface area contributed by atoms with Gasteiger partial charge >= 0.3 is 0 Å². The van der Waals surface area contributed by atoms with Crippen molar-refractivity contribution in [1.82, 2.24) is 0 Å². The minimum atomic E-state index is 0.100. The van der Waals surface area contributed by atoms with Crippen LogP contribution in [0.2, 0.25) is 0 Å². The molecule has 11 heavy (non-hydrogen) atoms. The van der Waals surface area contributed by atoms with Gasteiger partial charge in [0.05, 0.1) is 9.75 Å². The van der Waals surface area contributed by atoms with Crippen LogP contribution >= 0.6 is 11.3 Å². The summed E-state index contributed by atoms with van der Waals surface area (Å²) in [5.74, 6) is 0.100. The van der Waals surface area contributed by atoms with E-state index in [-0.39, 0.29) is 5.78 Å². The molecule has 0 spiro atoms. The summed E-state index contributed by atoms with van der Waals surface area (Å²) in [5.41, 5.74) is 0. The molecule has 0 fully saturated rings. The van der Waals surface area contributed by atoms with Gasteiger partial charge in [0.1, 0.15) is 0 Å². The summed E-state index contributed by atoms with van der Waals surface area (Å²) in [4.78, 5) is 22.6. The molecule has 0 aromatic carbocycles. The minimum Gasteiger partial charge on any atom is -0.297 e. The van der Waals surface area contributed by atoms with E-state index < -0.39 is 0 Å². The van der Waals surface area contributed by atoms with Crippen molar-refractivity contribution in [1.29, 1.82) is 0 Å². The summed E-state index contributed by atoms with van der Waals surface area (Å²) >= 11 is 1.25. The molecule has 2 nitrogen and oxygen atoms in total. The van der Waals surface area contributed by atoms with E-state index in [1.807, 2.05) is 6.92 Å². The Bertz CT molecular complexity index is 275. The highest BCUT2D eigenvalue weighted by molar-refractivity contribution is 7.15. The zero-order valence-electron chi connectivity index (χ0n) is 6.16. The lowest BCUT2D eigenvalue weighted by atomic mass is 10.2. The minimum absolute atomic E-state index is 0.100. The highest BCUT2D eigenvalue weighted by Crippen LogP contribution is 2.15. The Hall–Kier alpha value is -0.960. The average molecular weight is 168 g/mol. The lowest BCUT2D eigenvalue weighted by Gasteiger charge is -1.87. The highest BCUT2D eigenvalue weighted by Gasteiger charge is 2.05. The van der Waals surface area contributed by atoms with Gasteiger partial charge < -0.3 is 0 Å². The lowest BCUT2D eigenvalue weighted by Crippen LogP contribution is -1.90. The monoisotopic (exact) mass is 168 g/mol. The van der Waals surface area contributed by atoms with Gasteiger partial charge in [-0.15, -0.1) is 11.3 Å². The summed E-state index contributed by atoms with van der Waals surface area (Å²) in [6.45, 7) is 1.81. The molecule has 1 aromatic heterocycles. The first-order chi connectivity index (χ1) is 5.27. The van der Waals surface area contributed by atoms with Gasteiger partial charge in [0.25, 0.3) is 0 Å². The van der Waals surface area contributed by atoms with E-state index in [1.54, 1.807) is 12.1 Å². The quantitative estimate of drug-likeness (QED) is 0.512. The van der Waals surface area contributed by atoms with Crippen LogP contribution in [0.3, 0.4) is 0 Å². The second-order valence-electron chi connectivity index (χ2n) is 2.10. The van der Waals surface area contributed by atoms with Crippen molar-refractivity contribution >= 4 is 23.4 Å². The van der Waals surface area contributed by atoms with Crippen LogP contribution in [0.4, 0.5) is 0 Å². The SMILES string of the molecule is CCC(=O)c1ccc(C=O)s1. The Kier molecular flexibility index (Phi) is 2.54. The first-order valence-electron chi connectivity index (χ1n) is 3.36. The molecule has 0 N–H and O–H groups in total. The third-order valence-corrected chi connectivity index (χ3v) is 2.39. The maximum Gasteiger partial charge on any atom is 0.172 e. The molecule has 0 aliphatic rings. The van der Waals surface area contributed by atoms with Crippen LogP contribution in [0.1, 0.15) is 32.7 Å². The predicted octanol–water partition coefficient (Wildman–Crippen LogP) is 2.15. The summed E-state index contributed by atoms with van der Waals surface area (Å²) in [6, 6.07) is 3.36. The first kappa shape index (κ1) is 8.14. The first-order valence-corrected chi connectivity index (χ1v) is 4.17. The average Bonchev–Trinajstić information content (AvgIpc) is 2.50. The Morgan fingerprint density at radius 3 is 2.82 bits per heavy atom. The van der Waals surface area contributed by atoms with Gasteiger partial charge in [-0.25, -0.2) is 0 Å². The molecule has 0 aliphatic heterocycles. The molecule has 3 heteroatoms. The van der Waals surface area contributed by atoms with Crippen LogP contribution in [0.15, 0.2) is 12.1 Å². The van der Waals surface area contributed by atoms with E-state index in [9.17, 15) is 9.59 Å². The third-order valence-electron chi connectivity index (χ3n) is 1.34. The van der Waals surface area contributed by atoms with Crippen molar-refractivity contribution in [3.63, 3.8) is 0 Å². The number of carbonyl (C=O) groups excluding carboxylic acids is 2. The highest BCUT2D eigenvalue weighted by atomic mass is 32.1. The molecule has 58 valence electrons. The number of ketones is 1. The van der Waals surface area contributed by atoms with Crippen molar-refractivity contribution in [2.75, 3.05) is 0 Å². The van der Waals surface area contributed by atoms with Gasteiger partial charge in [0.15, 0.2) is 12.1 Å². The molecule has 0 saturated carbocycles. The summed E-state index contributed by atoms with van der Waals surface area (Å²) in [6.07, 6.45) is 1.26. The second-order valence-corrected chi connectivity index (χ2v) is 3.21. The van der Waals surface area contributed by atoms with Gasteiger partial charge in [-0.3, -0.25) is 9.59 Å². The molecular weight excluding hydrogens is 160 g/mol. The van der Waals surface area contributed by atoms with Gasteiger partial charge in [-0.2, -0.15) is 0 Å². The molecule has 1 aromatic rings. The van der Waals surface area contributed by atoms with Crippen molar-refractivity contribution in [3.05, 3.63) is 21.9 Å². The fourth-order valence-corrected chi connectivity index (χ4v) is 1.57. The smallest absolute Gasteiger partial charge is 0.172 e. The maximum absolute atomic E-state index is 11.0. The maximum atomic E-state index is 11.0. The van der Waals surface area contributed by atoms with Gasteiger partial charge in [-0.1, -0.05) is 6.92 Å². The Morgan fingerprint density at radius 1 is 1.64 bits per heavy atom. The Balaban J connectivity index is 2.88. The molecule has 0 aliphatic carbocycles. The molecule has 1 rings (SSSR count). The lowest BCUT2D eigenvalue weighted by molar-refractivity contribution is 0.0991. The van der Waals surface area contributed by atoms with E-state index in [1.165, 1.54) is 11.3 Å². The van der Waals surface area contributed by atoms with Crippen molar-refractivity contribution < 1.29 is 9.59 Å². The van der Waals surface area contributed by atoms with Crippen LogP contribution in [-0.2, 0) is 0 Å². The van der Waals surface area contributed by atoms with Crippen LogP contribution in [0.25, 0.3) is 0 Å². The molecule has 0 bridgehead atoms. The predicted molar refractivity (Wildman–Crippen MR) is 44.3 cm³/mol. The molecule has 0 saturated heterocycles. The van der Waals surface area contributed by atoms with Gasteiger partial charge in [0, 0.05) is 6.42 Å². The summed E-state index contributed by atoms with van der Waals surface area (Å²) in [7, 11) is 0. The zero-order valence-corrected chi connectivity index (χ0v) is 6.98. The van der Waals surface area contributed by atoms with Gasteiger partial charge in [-0.05, 0) is 12.1 Å². The Labute approximate surface area is 68.9 Å². The van der Waals surface area contributed by atoms with Crippen LogP contribution in [0.5, 0.6) is 0 Å². The number of hydrogen-bond donors (Lipinski definition) is 0. The number of rotatable bonds is 3. The standard InChI is InChI=1S/C8H8O2S/c1-2-7(10)8-4-3-6(5-9)11-8/h3-5H,2H2,1H3. The molecule has 0 unspecified atom stereocenters. The van der Waals surface area contributed by atoms with Crippen molar-refractivity contribution in [2.45, 2.75) is 13.3 Å². The molecular formula is C8H8O2S. The van der Waals surface area contributed by atoms with E-state index in [2.05, 4.69) is 0 Å². The Morgan fingerprint density at radius 2 is 2.36 bits per heavy atom. The van der Waals surface area contributed by atoms with Crippen LogP contribution < -0.4 is 0 Å². The second kappa shape index (κ2) is 3.44. The number of carbonyl (C=O) groups is 2. The summed E-state index contributed by atoms with van der Waals surface area (Å²) < 4.78 is 0. The van der Waals surface area contributed by atoms with Crippen LogP contribution in [-0.4, -0.2) is 12.1 Å². The fourth-order valence-electron chi connectivity index (χ4n) is 0.740. The topological polar surface area (TPSA) is 34.1 Å². The zero-order chi connectivity index (χ0) is 8.27. The third kappa shape index (κ3) is 1.74. The van der Waals surface area contributed by atoms with Crippen molar-refractivity contribution in [3.8, 4) is 0 Å². The van der Waals surface area contributed by atoms with Crippen molar-refractivity contribution in [2.24, 2.45) is 0 Å².